The Bertz CT molecular complexity index is 617. The predicted octanol–water partition coefficient (Wildman–Crippen LogP) is 2.69. The van der Waals surface area contributed by atoms with Crippen LogP contribution in [0.5, 0.6) is 5.75 Å². The van der Waals surface area contributed by atoms with Crippen LogP contribution in [0.1, 0.15) is 5.56 Å². The van der Waals surface area contributed by atoms with E-state index in [9.17, 15) is 5.11 Å². The molecule has 4 heteroatoms. The van der Waals surface area contributed by atoms with Gasteiger partial charge in [-0.15, -0.1) is 0 Å². The van der Waals surface area contributed by atoms with Crippen LogP contribution in [-0.4, -0.2) is 36.3 Å². The Kier molecular flexibility index (Phi) is 4.30. The number of phenols is 1. The third kappa shape index (κ3) is 3.40. The summed E-state index contributed by atoms with van der Waals surface area (Å²) >= 11 is 0. The number of anilines is 1. The van der Waals surface area contributed by atoms with Gasteiger partial charge < -0.3 is 15.4 Å². The lowest BCUT2D eigenvalue weighted by Gasteiger charge is -2.36. The lowest BCUT2D eigenvalue weighted by atomic mass is 10.2. The first-order valence-electron chi connectivity index (χ1n) is 7.52. The fourth-order valence-corrected chi connectivity index (χ4v) is 2.63. The molecule has 2 N–H and O–H groups in total. The van der Waals surface area contributed by atoms with E-state index in [0.29, 0.717) is 0 Å². The van der Waals surface area contributed by atoms with E-state index in [1.807, 2.05) is 18.2 Å². The summed E-state index contributed by atoms with van der Waals surface area (Å²) in [6, 6.07) is 17.6. The number of hydrazine groups is 1. The molecule has 0 atom stereocenters. The quantitative estimate of drug-likeness (QED) is 0.909. The zero-order chi connectivity index (χ0) is 15.4. The summed E-state index contributed by atoms with van der Waals surface area (Å²) in [5, 5.41) is 11.5. The topological polar surface area (TPSA) is 38.7 Å². The zero-order valence-corrected chi connectivity index (χ0v) is 12.6. The smallest absolute Gasteiger partial charge is 0.115 e. The Morgan fingerprint density at radius 2 is 1.55 bits per heavy atom. The standard InChI is InChI=1S/C18H21N3O/c1-15(16-7-9-18(22)10-8-16)19-21-13-11-20(12-14-21)17-5-3-2-4-6-17/h2-10,19,22H,1,11-14H2. The van der Waals surface area contributed by atoms with E-state index in [1.165, 1.54) is 5.69 Å². The molecule has 2 aromatic rings. The van der Waals surface area contributed by atoms with E-state index in [1.54, 1.807) is 12.1 Å². The lowest BCUT2D eigenvalue weighted by molar-refractivity contribution is 0.215. The van der Waals surface area contributed by atoms with E-state index in [2.05, 4.69) is 46.2 Å². The van der Waals surface area contributed by atoms with Crippen molar-refractivity contribution >= 4 is 11.4 Å². The van der Waals surface area contributed by atoms with E-state index in [0.717, 1.165) is 37.4 Å². The van der Waals surface area contributed by atoms with Gasteiger partial charge in [0.25, 0.3) is 0 Å². The van der Waals surface area contributed by atoms with Crippen molar-refractivity contribution < 1.29 is 5.11 Å². The Labute approximate surface area is 131 Å². The van der Waals surface area contributed by atoms with Crippen LogP contribution in [0.3, 0.4) is 0 Å². The normalized spacial score (nSPS) is 15.5. The van der Waals surface area contributed by atoms with E-state index in [4.69, 9.17) is 0 Å². The zero-order valence-electron chi connectivity index (χ0n) is 12.6. The van der Waals surface area contributed by atoms with Crippen molar-refractivity contribution in [3.8, 4) is 5.75 Å². The largest absolute Gasteiger partial charge is 0.508 e. The molecule has 2 aromatic carbocycles. The summed E-state index contributed by atoms with van der Waals surface area (Å²) in [6.45, 7) is 7.92. The van der Waals surface area contributed by atoms with Crippen LogP contribution in [0.2, 0.25) is 0 Å². The first-order chi connectivity index (χ1) is 10.7. The number of nitrogens with one attached hydrogen (secondary N) is 1. The molecule has 22 heavy (non-hydrogen) atoms. The van der Waals surface area contributed by atoms with Gasteiger partial charge in [0.2, 0.25) is 0 Å². The Morgan fingerprint density at radius 3 is 2.18 bits per heavy atom. The van der Waals surface area contributed by atoms with Gasteiger partial charge >= 0.3 is 0 Å². The molecule has 1 aliphatic rings. The van der Waals surface area contributed by atoms with E-state index < -0.39 is 0 Å². The number of nitrogens with zero attached hydrogens (tertiary/aromatic N) is 2. The fourth-order valence-electron chi connectivity index (χ4n) is 2.63. The second-order valence-electron chi connectivity index (χ2n) is 5.45. The van der Waals surface area contributed by atoms with Gasteiger partial charge in [0.1, 0.15) is 5.75 Å². The predicted molar refractivity (Wildman–Crippen MR) is 90.5 cm³/mol. The number of piperazine rings is 1. The molecular weight excluding hydrogens is 274 g/mol. The van der Waals surface area contributed by atoms with Crippen molar-refractivity contribution in [1.82, 2.24) is 10.4 Å². The Morgan fingerprint density at radius 1 is 0.909 bits per heavy atom. The molecule has 0 unspecified atom stereocenters. The number of hydrogen-bond acceptors (Lipinski definition) is 4. The molecule has 114 valence electrons. The molecule has 4 nitrogen and oxygen atoms in total. The van der Waals surface area contributed by atoms with Gasteiger partial charge in [-0.3, -0.25) is 0 Å². The first kappa shape index (κ1) is 14.5. The molecule has 0 aromatic heterocycles. The summed E-state index contributed by atoms with van der Waals surface area (Å²) in [5.41, 5.74) is 6.48. The molecule has 0 aliphatic carbocycles. The van der Waals surface area contributed by atoms with Gasteiger partial charge in [0.15, 0.2) is 0 Å². The molecule has 1 aliphatic heterocycles. The number of para-hydroxylation sites is 1. The van der Waals surface area contributed by atoms with Crippen LogP contribution in [0, 0.1) is 0 Å². The average Bonchev–Trinajstić information content (AvgIpc) is 2.57. The third-order valence-electron chi connectivity index (χ3n) is 3.91. The molecule has 1 fully saturated rings. The summed E-state index contributed by atoms with van der Waals surface area (Å²) in [7, 11) is 0. The molecule has 0 bridgehead atoms. The molecule has 1 heterocycles. The highest BCUT2D eigenvalue weighted by atomic mass is 16.3. The van der Waals surface area contributed by atoms with Crippen molar-refractivity contribution in [3.63, 3.8) is 0 Å². The SMILES string of the molecule is C=C(NN1CCN(c2ccccc2)CC1)c1ccc(O)cc1. The monoisotopic (exact) mass is 295 g/mol. The maximum Gasteiger partial charge on any atom is 0.115 e. The second kappa shape index (κ2) is 6.54. The summed E-state index contributed by atoms with van der Waals surface area (Å²) < 4.78 is 0. The van der Waals surface area contributed by atoms with E-state index >= 15 is 0 Å². The molecule has 0 spiro atoms. The van der Waals surface area contributed by atoms with Crippen molar-refractivity contribution in [2.45, 2.75) is 0 Å². The minimum atomic E-state index is 0.271. The minimum Gasteiger partial charge on any atom is -0.508 e. The van der Waals surface area contributed by atoms with Crippen molar-refractivity contribution in [2.75, 3.05) is 31.1 Å². The minimum absolute atomic E-state index is 0.271. The fraction of sp³-hybridized carbons (Fsp3) is 0.222. The molecule has 0 radical (unpaired) electrons. The van der Waals surface area contributed by atoms with Crippen molar-refractivity contribution in [1.29, 1.82) is 0 Å². The highest BCUT2D eigenvalue weighted by Crippen LogP contribution is 2.17. The van der Waals surface area contributed by atoms with Gasteiger partial charge in [-0.25, -0.2) is 5.01 Å². The van der Waals surface area contributed by atoms with Gasteiger partial charge in [0, 0.05) is 37.6 Å². The first-order valence-corrected chi connectivity index (χ1v) is 7.52. The molecule has 1 saturated heterocycles. The highest BCUT2D eigenvalue weighted by Gasteiger charge is 2.17. The number of aromatic hydroxyl groups is 1. The van der Waals surface area contributed by atoms with Crippen molar-refractivity contribution in [2.24, 2.45) is 0 Å². The van der Waals surface area contributed by atoms with Crippen LogP contribution in [-0.2, 0) is 0 Å². The Hall–Kier alpha value is -2.46. The van der Waals surface area contributed by atoms with Crippen LogP contribution in [0.25, 0.3) is 5.70 Å². The van der Waals surface area contributed by atoms with Crippen LogP contribution in [0.15, 0.2) is 61.2 Å². The average molecular weight is 295 g/mol. The molecular formula is C18H21N3O. The summed E-state index contributed by atoms with van der Waals surface area (Å²) in [6.07, 6.45) is 0. The molecule has 0 saturated carbocycles. The second-order valence-corrected chi connectivity index (χ2v) is 5.45. The molecule has 3 rings (SSSR count). The summed E-state index contributed by atoms with van der Waals surface area (Å²) in [5.74, 6) is 0.271. The maximum absolute atomic E-state index is 9.33. The van der Waals surface area contributed by atoms with Gasteiger partial charge in [0.05, 0.1) is 0 Å². The van der Waals surface area contributed by atoms with Crippen LogP contribution in [0.4, 0.5) is 5.69 Å². The highest BCUT2D eigenvalue weighted by molar-refractivity contribution is 5.61. The number of phenolic OH excluding ortho intramolecular Hbond substituents is 1. The number of rotatable bonds is 4. The third-order valence-corrected chi connectivity index (χ3v) is 3.91. The van der Waals surface area contributed by atoms with E-state index in [-0.39, 0.29) is 5.75 Å². The maximum atomic E-state index is 9.33. The van der Waals surface area contributed by atoms with Gasteiger partial charge in [-0.2, -0.15) is 0 Å². The lowest BCUT2D eigenvalue weighted by Crippen LogP contribution is -2.51. The number of hydrogen-bond donors (Lipinski definition) is 2. The van der Waals surface area contributed by atoms with Gasteiger partial charge in [-0.05, 0) is 42.0 Å². The van der Waals surface area contributed by atoms with Gasteiger partial charge in [-0.1, -0.05) is 24.8 Å². The van der Waals surface area contributed by atoms with Crippen LogP contribution < -0.4 is 10.3 Å². The summed E-state index contributed by atoms with van der Waals surface area (Å²) in [4.78, 5) is 2.39. The van der Waals surface area contributed by atoms with Crippen molar-refractivity contribution in [3.05, 3.63) is 66.7 Å². The number of benzene rings is 2. The Balaban J connectivity index is 1.53. The molecule has 0 amide bonds. The van der Waals surface area contributed by atoms with Crippen LogP contribution >= 0.6 is 0 Å².